The Kier molecular flexibility index (Phi) is 3.66. The molecule has 0 saturated heterocycles. The molecule has 102 valence electrons. The minimum atomic E-state index is 0.698. The Bertz CT molecular complexity index is 554. The largest absolute Gasteiger partial charge is 0.332 e. The molecule has 2 heterocycles. The van der Waals surface area contributed by atoms with E-state index in [1.807, 2.05) is 24.0 Å². The first-order chi connectivity index (χ1) is 9.29. The van der Waals surface area contributed by atoms with Gasteiger partial charge in [0.2, 0.25) is 0 Å². The van der Waals surface area contributed by atoms with Crippen LogP contribution < -0.4 is 5.32 Å². The summed E-state index contributed by atoms with van der Waals surface area (Å²) in [6.07, 6.45) is 7.57. The van der Waals surface area contributed by atoms with E-state index in [1.54, 1.807) is 11.3 Å². The van der Waals surface area contributed by atoms with Crippen LogP contribution >= 0.6 is 11.3 Å². The number of aryl methyl sites for hydroxylation is 1. The molecule has 0 amide bonds. The van der Waals surface area contributed by atoms with Crippen LogP contribution in [0.15, 0.2) is 12.4 Å². The Morgan fingerprint density at radius 2 is 2.32 bits per heavy atom. The number of nitrogens with zero attached hydrogens (tertiary/aromatic N) is 3. The predicted molar refractivity (Wildman–Crippen MR) is 78.3 cm³/mol. The molecule has 2 aromatic heterocycles. The van der Waals surface area contributed by atoms with E-state index in [0.717, 1.165) is 23.9 Å². The average molecular weight is 276 g/mol. The Hall–Kier alpha value is -1.20. The molecular formula is C14H20N4S. The standard InChI is InChI=1S/C14H20N4S/c1-3-6-15-9-11-12(10-4-5-10)17-14(19-11)13-16-7-8-18(13)2/h7-8,10,15H,3-6,9H2,1-2H3. The van der Waals surface area contributed by atoms with E-state index < -0.39 is 0 Å². The summed E-state index contributed by atoms with van der Waals surface area (Å²) < 4.78 is 2.04. The molecule has 1 aliphatic carbocycles. The maximum Gasteiger partial charge on any atom is 0.168 e. The lowest BCUT2D eigenvalue weighted by Gasteiger charge is -2.01. The van der Waals surface area contributed by atoms with Crippen LogP contribution in [-0.4, -0.2) is 21.1 Å². The molecule has 1 fully saturated rings. The third-order valence-corrected chi connectivity index (χ3v) is 4.48. The third kappa shape index (κ3) is 2.72. The molecule has 0 aromatic carbocycles. The Morgan fingerprint density at radius 3 is 2.95 bits per heavy atom. The summed E-state index contributed by atoms with van der Waals surface area (Å²) >= 11 is 1.79. The molecule has 0 aliphatic heterocycles. The van der Waals surface area contributed by atoms with Crippen molar-refractivity contribution in [1.82, 2.24) is 19.9 Å². The van der Waals surface area contributed by atoms with Crippen LogP contribution in [0.4, 0.5) is 0 Å². The average Bonchev–Trinajstić information content (AvgIpc) is 3.03. The summed E-state index contributed by atoms with van der Waals surface area (Å²) in [6.45, 7) is 4.21. The van der Waals surface area contributed by atoms with Gasteiger partial charge < -0.3 is 9.88 Å². The molecule has 5 heteroatoms. The zero-order chi connectivity index (χ0) is 13.2. The molecule has 0 bridgehead atoms. The van der Waals surface area contributed by atoms with Crippen molar-refractivity contribution in [3.05, 3.63) is 23.0 Å². The lowest BCUT2D eigenvalue weighted by molar-refractivity contribution is 0.676. The summed E-state index contributed by atoms with van der Waals surface area (Å²) in [5, 5.41) is 4.55. The maximum atomic E-state index is 4.85. The van der Waals surface area contributed by atoms with Gasteiger partial charge in [0.15, 0.2) is 10.8 Å². The SMILES string of the molecule is CCCNCc1sc(-c2nccn2C)nc1C1CC1. The second-order valence-corrected chi connectivity index (χ2v) is 6.22. The van der Waals surface area contributed by atoms with Crippen LogP contribution in [0, 0.1) is 0 Å². The number of rotatable bonds is 6. The number of nitrogens with one attached hydrogen (secondary N) is 1. The van der Waals surface area contributed by atoms with Crippen molar-refractivity contribution in [2.24, 2.45) is 7.05 Å². The molecule has 1 aliphatic rings. The summed E-state index contributed by atoms with van der Waals surface area (Å²) in [6, 6.07) is 0. The van der Waals surface area contributed by atoms with Crippen molar-refractivity contribution in [3.8, 4) is 10.8 Å². The van der Waals surface area contributed by atoms with E-state index in [-0.39, 0.29) is 0 Å². The highest BCUT2D eigenvalue weighted by Crippen LogP contribution is 2.43. The fourth-order valence-electron chi connectivity index (χ4n) is 2.21. The number of hydrogen-bond acceptors (Lipinski definition) is 4. The monoisotopic (exact) mass is 276 g/mol. The lowest BCUT2D eigenvalue weighted by Crippen LogP contribution is -2.13. The van der Waals surface area contributed by atoms with Crippen molar-refractivity contribution < 1.29 is 0 Å². The molecule has 19 heavy (non-hydrogen) atoms. The lowest BCUT2D eigenvalue weighted by atomic mass is 10.2. The van der Waals surface area contributed by atoms with E-state index in [0.29, 0.717) is 5.92 Å². The van der Waals surface area contributed by atoms with Gasteiger partial charge in [0.1, 0.15) is 0 Å². The fraction of sp³-hybridized carbons (Fsp3) is 0.571. The highest BCUT2D eigenvalue weighted by molar-refractivity contribution is 7.15. The summed E-state index contributed by atoms with van der Waals surface area (Å²) in [5.41, 5.74) is 1.31. The number of hydrogen-bond donors (Lipinski definition) is 1. The minimum absolute atomic E-state index is 0.698. The number of aromatic nitrogens is 3. The molecule has 2 aromatic rings. The molecule has 0 radical (unpaired) electrons. The zero-order valence-corrected chi connectivity index (χ0v) is 12.3. The molecule has 0 atom stereocenters. The van der Waals surface area contributed by atoms with Gasteiger partial charge in [0.05, 0.1) is 5.69 Å². The number of imidazole rings is 1. The normalized spacial score (nSPS) is 15.1. The van der Waals surface area contributed by atoms with E-state index in [1.165, 1.54) is 29.8 Å². The Labute approximate surface area is 117 Å². The van der Waals surface area contributed by atoms with Crippen molar-refractivity contribution in [1.29, 1.82) is 0 Å². The van der Waals surface area contributed by atoms with Gasteiger partial charge in [-0.3, -0.25) is 0 Å². The van der Waals surface area contributed by atoms with E-state index in [4.69, 9.17) is 4.98 Å². The van der Waals surface area contributed by atoms with E-state index in [9.17, 15) is 0 Å². The third-order valence-electron chi connectivity index (χ3n) is 3.42. The smallest absolute Gasteiger partial charge is 0.168 e. The van der Waals surface area contributed by atoms with Crippen LogP contribution in [0.25, 0.3) is 10.8 Å². The van der Waals surface area contributed by atoms with Crippen LogP contribution in [0.2, 0.25) is 0 Å². The molecule has 1 N–H and O–H groups in total. The van der Waals surface area contributed by atoms with Crippen molar-refractivity contribution >= 4 is 11.3 Å². The fourth-order valence-corrected chi connectivity index (χ4v) is 3.37. The van der Waals surface area contributed by atoms with Gasteiger partial charge in [-0.2, -0.15) is 0 Å². The van der Waals surface area contributed by atoms with Gasteiger partial charge in [-0.15, -0.1) is 11.3 Å². The summed E-state index contributed by atoms with van der Waals surface area (Å²) in [5.74, 6) is 1.68. The first-order valence-corrected chi connectivity index (χ1v) is 7.79. The van der Waals surface area contributed by atoms with Crippen LogP contribution in [0.3, 0.4) is 0 Å². The van der Waals surface area contributed by atoms with Gasteiger partial charge in [-0.05, 0) is 25.8 Å². The van der Waals surface area contributed by atoms with Gasteiger partial charge in [-0.1, -0.05) is 6.92 Å². The predicted octanol–water partition coefficient (Wildman–Crippen LogP) is 2.92. The van der Waals surface area contributed by atoms with Crippen molar-refractivity contribution in [2.75, 3.05) is 6.54 Å². The van der Waals surface area contributed by atoms with Crippen LogP contribution in [0.5, 0.6) is 0 Å². The first kappa shape index (κ1) is 12.8. The highest BCUT2D eigenvalue weighted by atomic mass is 32.1. The topological polar surface area (TPSA) is 42.7 Å². The quantitative estimate of drug-likeness (QED) is 0.825. The van der Waals surface area contributed by atoms with Crippen LogP contribution in [0.1, 0.15) is 42.7 Å². The van der Waals surface area contributed by atoms with Crippen LogP contribution in [-0.2, 0) is 13.6 Å². The summed E-state index contributed by atoms with van der Waals surface area (Å²) in [4.78, 5) is 10.7. The Morgan fingerprint density at radius 1 is 1.47 bits per heavy atom. The van der Waals surface area contributed by atoms with Gasteiger partial charge in [-0.25, -0.2) is 9.97 Å². The van der Waals surface area contributed by atoms with E-state index >= 15 is 0 Å². The second-order valence-electron chi connectivity index (χ2n) is 5.14. The maximum absolute atomic E-state index is 4.85. The second kappa shape index (κ2) is 5.43. The zero-order valence-electron chi connectivity index (χ0n) is 11.5. The molecular weight excluding hydrogens is 256 g/mol. The van der Waals surface area contributed by atoms with Gasteiger partial charge >= 0.3 is 0 Å². The first-order valence-electron chi connectivity index (χ1n) is 6.97. The molecule has 4 nitrogen and oxygen atoms in total. The van der Waals surface area contributed by atoms with Gasteiger partial charge in [0.25, 0.3) is 0 Å². The van der Waals surface area contributed by atoms with E-state index in [2.05, 4.69) is 17.2 Å². The Balaban J connectivity index is 1.86. The molecule has 0 spiro atoms. The molecule has 3 rings (SSSR count). The number of thiazole rings is 1. The van der Waals surface area contributed by atoms with Crippen molar-refractivity contribution in [2.45, 2.75) is 38.6 Å². The van der Waals surface area contributed by atoms with Crippen molar-refractivity contribution in [3.63, 3.8) is 0 Å². The molecule has 0 unspecified atom stereocenters. The van der Waals surface area contributed by atoms with Gasteiger partial charge in [0, 0.05) is 36.8 Å². The molecule has 1 saturated carbocycles. The summed E-state index contributed by atoms with van der Waals surface area (Å²) in [7, 11) is 2.02. The minimum Gasteiger partial charge on any atom is -0.332 e. The highest BCUT2D eigenvalue weighted by Gasteiger charge is 2.30.